The molecule has 0 saturated carbocycles. The first kappa shape index (κ1) is 16.4. The van der Waals surface area contributed by atoms with Crippen LogP contribution in [0.4, 0.5) is 0 Å². The number of carboxylic acids is 1. The Morgan fingerprint density at radius 2 is 1.45 bits per heavy atom. The van der Waals surface area contributed by atoms with Crippen molar-refractivity contribution >= 4 is 11.9 Å². The zero-order valence-electron chi connectivity index (χ0n) is 11.8. The molecule has 1 N–H and O–H groups in total. The molecule has 1 saturated heterocycles. The Morgan fingerprint density at radius 1 is 1.00 bits per heavy atom. The van der Waals surface area contributed by atoms with Crippen LogP contribution in [-0.4, -0.2) is 84.0 Å². The zero-order chi connectivity index (χ0) is 15.0. The van der Waals surface area contributed by atoms with E-state index in [-0.39, 0.29) is 12.5 Å². The monoisotopic (exact) mass is 281 g/mol. The number of carbonyl (C=O) groups is 2. The molecule has 0 unspecified atom stereocenters. The van der Waals surface area contributed by atoms with Crippen molar-refractivity contribution < 1.29 is 14.7 Å². The minimum absolute atomic E-state index is 0.0523. The van der Waals surface area contributed by atoms with Gasteiger partial charge in [-0.05, 0) is 0 Å². The molecule has 0 spiro atoms. The molecule has 1 aliphatic heterocycles. The molecule has 0 atom stereocenters. The van der Waals surface area contributed by atoms with Crippen LogP contribution in [0.15, 0.2) is 25.3 Å². The highest BCUT2D eigenvalue weighted by atomic mass is 16.4. The number of carboxylic acid groups (broad SMARTS) is 1. The van der Waals surface area contributed by atoms with E-state index in [0.29, 0.717) is 32.7 Å². The van der Waals surface area contributed by atoms with Crippen LogP contribution < -0.4 is 0 Å². The third kappa shape index (κ3) is 5.54. The fourth-order valence-electron chi connectivity index (χ4n) is 2.18. The van der Waals surface area contributed by atoms with Gasteiger partial charge in [0.25, 0.3) is 0 Å². The van der Waals surface area contributed by atoms with Crippen LogP contribution in [0.2, 0.25) is 0 Å². The standard InChI is InChI=1S/C14H23N3O3/c1-3-5-17(6-4-2)13(18)11-15-7-9-16(10-8-15)12-14(19)20/h3-4H,1-2,5-12H2,(H,19,20). The van der Waals surface area contributed by atoms with E-state index in [9.17, 15) is 9.59 Å². The van der Waals surface area contributed by atoms with E-state index in [0.717, 1.165) is 13.1 Å². The van der Waals surface area contributed by atoms with Crippen molar-refractivity contribution in [2.24, 2.45) is 0 Å². The zero-order valence-corrected chi connectivity index (χ0v) is 11.8. The van der Waals surface area contributed by atoms with Crippen molar-refractivity contribution in [2.75, 3.05) is 52.4 Å². The van der Waals surface area contributed by atoms with Gasteiger partial charge in [0.15, 0.2) is 0 Å². The minimum atomic E-state index is -0.808. The third-order valence-electron chi connectivity index (χ3n) is 3.23. The average Bonchev–Trinajstić information content (AvgIpc) is 2.40. The van der Waals surface area contributed by atoms with Crippen LogP contribution in [-0.2, 0) is 9.59 Å². The van der Waals surface area contributed by atoms with E-state index in [1.54, 1.807) is 17.1 Å². The lowest BCUT2D eigenvalue weighted by Crippen LogP contribution is -2.51. The summed E-state index contributed by atoms with van der Waals surface area (Å²) >= 11 is 0. The van der Waals surface area contributed by atoms with Gasteiger partial charge in [0, 0.05) is 39.3 Å². The van der Waals surface area contributed by atoms with Gasteiger partial charge in [-0.15, -0.1) is 13.2 Å². The van der Waals surface area contributed by atoms with Crippen LogP contribution >= 0.6 is 0 Å². The molecule has 6 nitrogen and oxygen atoms in total. The number of amides is 1. The Labute approximate surface area is 119 Å². The average molecular weight is 281 g/mol. The molecule has 1 heterocycles. The summed E-state index contributed by atoms with van der Waals surface area (Å²) in [5.74, 6) is -0.755. The molecule has 0 radical (unpaired) electrons. The lowest BCUT2D eigenvalue weighted by atomic mass is 10.3. The molecule has 0 aliphatic carbocycles. The van der Waals surface area contributed by atoms with Gasteiger partial charge in [0.05, 0.1) is 13.1 Å². The Balaban J connectivity index is 2.38. The van der Waals surface area contributed by atoms with Crippen molar-refractivity contribution in [3.8, 4) is 0 Å². The third-order valence-corrected chi connectivity index (χ3v) is 3.23. The molecular formula is C14H23N3O3. The van der Waals surface area contributed by atoms with E-state index in [1.807, 2.05) is 4.90 Å². The maximum Gasteiger partial charge on any atom is 0.317 e. The topological polar surface area (TPSA) is 64.1 Å². The summed E-state index contributed by atoms with van der Waals surface area (Å²) in [5.41, 5.74) is 0. The number of aliphatic carboxylic acids is 1. The summed E-state index contributed by atoms with van der Waals surface area (Å²) < 4.78 is 0. The normalized spacial score (nSPS) is 16.6. The van der Waals surface area contributed by atoms with E-state index in [4.69, 9.17) is 5.11 Å². The number of carbonyl (C=O) groups excluding carboxylic acids is 1. The number of rotatable bonds is 8. The molecule has 112 valence electrons. The first-order chi connectivity index (χ1) is 9.56. The molecule has 1 rings (SSSR count). The second-order valence-corrected chi connectivity index (χ2v) is 4.82. The number of hydrogen-bond acceptors (Lipinski definition) is 4. The lowest BCUT2D eigenvalue weighted by molar-refractivity contribution is -0.139. The van der Waals surface area contributed by atoms with E-state index in [2.05, 4.69) is 18.1 Å². The largest absolute Gasteiger partial charge is 0.480 e. The second kappa shape index (κ2) is 8.50. The SMILES string of the molecule is C=CCN(CC=C)C(=O)CN1CCN(CC(=O)O)CC1. The molecule has 0 aromatic heterocycles. The molecule has 20 heavy (non-hydrogen) atoms. The summed E-state index contributed by atoms with van der Waals surface area (Å²) in [6, 6.07) is 0. The first-order valence-electron chi connectivity index (χ1n) is 6.73. The van der Waals surface area contributed by atoms with Gasteiger partial charge in [-0.25, -0.2) is 0 Å². The molecule has 1 fully saturated rings. The first-order valence-corrected chi connectivity index (χ1v) is 6.73. The molecule has 1 aliphatic rings. The molecule has 1 amide bonds. The predicted molar refractivity (Wildman–Crippen MR) is 77.5 cm³/mol. The van der Waals surface area contributed by atoms with E-state index < -0.39 is 5.97 Å². The smallest absolute Gasteiger partial charge is 0.317 e. The summed E-state index contributed by atoms with van der Waals surface area (Å²) in [5, 5.41) is 8.73. The van der Waals surface area contributed by atoms with Gasteiger partial charge < -0.3 is 10.0 Å². The Morgan fingerprint density at radius 3 is 1.85 bits per heavy atom. The van der Waals surface area contributed by atoms with Crippen molar-refractivity contribution in [1.82, 2.24) is 14.7 Å². The summed E-state index contributed by atoms with van der Waals surface area (Å²) in [7, 11) is 0. The Hall–Kier alpha value is -1.66. The van der Waals surface area contributed by atoms with Crippen molar-refractivity contribution in [3.63, 3.8) is 0 Å². The highest BCUT2D eigenvalue weighted by Gasteiger charge is 2.21. The maximum absolute atomic E-state index is 12.1. The van der Waals surface area contributed by atoms with Gasteiger partial charge in [-0.3, -0.25) is 19.4 Å². The van der Waals surface area contributed by atoms with Gasteiger partial charge in [-0.2, -0.15) is 0 Å². The number of nitrogens with zero attached hydrogens (tertiary/aromatic N) is 3. The molecule has 0 aromatic rings. The summed E-state index contributed by atoms with van der Waals surface area (Å²) in [4.78, 5) is 28.4. The fourth-order valence-corrected chi connectivity index (χ4v) is 2.18. The van der Waals surface area contributed by atoms with Gasteiger partial charge >= 0.3 is 5.97 Å². The molecular weight excluding hydrogens is 258 g/mol. The second-order valence-electron chi connectivity index (χ2n) is 4.82. The van der Waals surface area contributed by atoms with E-state index in [1.165, 1.54) is 0 Å². The Bertz CT molecular complexity index is 353. The van der Waals surface area contributed by atoms with Crippen LogP contribution in [0.5, 0.6) is 0 Å². The van der Waals surface area contributed by atoms with Crippen LogP contribution in [0.3, 0.4) is 0 Å². The highest BCUT2D eigenvalue weighted by Crippen LogP contribution is 2.03. The van der Waals surface area contributed by atoms with Crippen molar-refractivity contribution in [3.05, 3.63) is 25.3 Å². The molecule has 0 aromatic carbocycles. The summed E-state index contributed by atoms with van der Waals surface area (Å²) in [6.45, 7) is 11.6. The van der Waals surface area contributed by atoms with Crippen LogP contribution in [0.25, 0.3) is 0 Å². The number of hydrogen-bond donors (Lipinski definition) is 1. The van der Waals surface area contributed by atoms with Gasteiger partial charge in [0.1, 0.15) is 0 Å². The predicted octanol–water partition coefficient (Wildman–Crippen LogP) is -0.111. The minimum Gasteiger partial charge on any atom is -0.480 e. The lowest BCUT2D eigenvalue weighted by Gasteiger charge is -2.34. The fraction of sp³-hybridized carbons (Fsp3) is 0.571. The van der Waals surface area contributed by atoms with Gasteiger partial charge in [-0.1, -0.05) is 12.2 Å². The van der Waals surface area contributed by atoms with Crippen LogP contribution in [0.1, 0.15) is 0 Å². The van der Waals surface area contributed by atoms with E-state index >= 15 is 0 Å². The quantitative estimate of drug-likeness (QED) is 0.629. The van der Waals surface area contributed by atoms with Crippen molar-refractivity contribution in [2.45, 2.75) is 0 Å². The van der Waals surface area contributed by atoms with Crippen LogP contribution in [0, 0.1) is 0 Å². The Kier molecular flexibility index (Phi) is 6.97. The maximum atomic E-state index is 12.1. The van der Waals surface area contributed by atoms with Crippen molar-refractivity contribution in [1.29, 1.82) is 0 Å². The molecule has 6 heteroatoms. The highest BCUT2D eigenvalue weighted by molar-refractivity contribution is 5.78. The number of piperazine rings is 1. The van der Waals surface area contributed by atoms with Gasteiger partial charge in [0.2, 0.25) is 5.91 Å². The molecule has 0 bridgehead atoms. The summed E-state index contributed by atoms with van der Waals surface area (Å²) in [6.07, 6.45) is 3.40.